The number of hydrogen-bond acceptors (Lipinski definition) is 3. The molecule has 0 fully saturated rings. The number of amides is 1. The molecule has 1 amide bonds. The molecule has 34 heavy (non-hydrogen) atoms. The highest BCUT2D eigenvalue weighted by atomic mass is 16.1. The van der Waals surface area contributed by atoms with Gasteiger partial charge in [-0.2, -0.15) is 5.26 Å². The number of nitrogens with zero attached hydrogens (tertiary/aromatic N) is 1. The first-order valence-electron chi connectivity index (χ1n) is 12.1. The van der Waals surface area contributed by atoms with Crippen molar-refractivity contribution >= 4 is 5.91 Å². The SMILES string of the molecule is CC(C)C(C#N)(CCCNC(=O)CNCC(c1ccccc1)c1ccccc1)c1ccccc1. The number of carbonyl (C=O) groups excluding carboxylic acids is 1. The summed E-state index contributed by atoms with van der Waals surface area (Å²) < 4.78 is 0. The number of hydrogen-bond donors (Lipinski definition) is 2. The zero-order valence-electron chi connectivity index (χ0n) is 20.2. The van der Waals surface area contributed by atoms with Crippen LogP contribution in [-0.2, 0) is 10.2 Å². The quantitative estimate of drug-likeness (QED) is 0.360. The van der Waals surface area contributed by atoms with Gasteiger partial charge in [0.15, 0.2) is 0 Å². The third-order valence-electron chi connectivity index (χ3n) is 6.58. The van der Waals surface area contributed by atoms with Gasteiger partial charge in [-0.3, -0.25) is 4.79 Å². The van der Waals surface area contributed by atoms with Crippen LogP contribution >= 0.6 is 0 Å². The molecule has 0 heterocycles. The van der Waals surface area contributed by atoms with Crippen LogP contribution in [0.15, 0.2) is 91.0 Å². The third-order valence-corrected chi connectivity index (χ3v) is 6.58. The minimum Gasteiger partial charge on any atom is -0.355 e. The summed E-state index contributed by atoms with van der Waals surface area (Å²) in [5.74, 6) is 0.347. The van der Waals surface area contributed by atoms with Crippen molar-refractivity contribution in [3.05, 3.63) is 108 Å². The molecule has 3 aromatic carbocycles. The van der Waals surface area contributed by atoms with E-state index in [-0.39, 0.29) is 24.3 Å². The highest BCUT2D eigenvalue weighted by molar-refractivity contribution is 5.77. The largest absolute Gasteiger partial charge is 0.355 e. The summed E-state index contributed by atoms with van der Waals surface area (Å²) in [4.78, 5) is 12.5. The van der Waals surface area contributed by atoms with Crippen molar-refractivity contribution in [2.24, 2.45) is 5.92 Å². The van der Waals surface area contributed by atoms with E-state index in [9.17, 15) is 10.1 Å². The molecule has 4 nitrogen and oxygen atoms in total. The summed E-state index contributed by atoms with van der Waals surface area (Å²) in [5, 5.41) is 16.4. The van der Waals surface area contributed by atoms with Crippen LogP contribution in [0.1, 0.15) is 49.3 Å². The lowest BCUT2D eigenvalue weighted by Gasteiger charge is -2.31. The van der Waals surface area contributed by atoms with Gasteiger partial charge in [0.1, 0.15) is 0 Å². The molecule has 0 bridgehead atoms. The number of rotatable bonds is 12. The van der Waals surface area contributed by atoms with Gasteiger partial charge in [-0.15, -0.1) is 0 Å². The predicted molar refractivity (Wildman–Crippen MR) is 138 cm³/mol. The van der Waals surface area contributed by atoms with Gasteiger partial charge in [0.2, 0.25) is 5.91 Å². The summed E-state index contributed by atoms with van der Waals surface area (Å²) in [6.45, 7) is 5.69. The van der Waals surface area contributed by atoms with Crippen molar-refractivity contribution in [3.63, 3.8) is 0 Å². The standard InChI is InChI=1S/C30H35N3O/c1-24(2)30(23-31,27-17-10-5-11-18-27)19-12-20-33-29(34)22-32-21-28(25-13-6-3-7-14-25)26-15-8-4-9-16-26/h3-11,13-18,24,28,32H,12,19-22H2,1-2H3,(H,33,34). The molecule has 3 aromatic rings. The second-order valence-electron chi connectivity index (χ2n) is 9.06. The van der Waals surface area contributed by atoms with Gasteiger partial charge in [0, 0.05) is 19.0 Å². The van der Waals surface area contributed by atoms with E-state index in [2.05, 4.69) is 54.8 Å². The summed E-state index contributed by atoms with van der Waals surface area (Å²) in [5.41, 5.74) is 2.96. The van der Waals surface area contributed by atoms with E-state index in [0.29, 0.717) is 19.5 Å². The van der Waals surface area contributed by atoms with Crippen LogP contribution in [0.3, 0.4) is 0 Å². The molecular weight excluding hydrogens is 418 g/mol. The molecule has 1 atom stereocenters. The van der Waals surface area contributed by atoms with E-state index in [4.69, 9.17) is 0 Å². The van der Waals surface area contributed by atoms with Crippen LogP contribution in [0.2, 0.25) is 0 Å². The first-order chi connectivity index (χ1) is 16.6. The monoisotopic (exact) mass is 453 g/mol. The van der Waals surface area contributed by atoms with E-state index < -0.39 is 5.41 Å². The summed E-state index contributed by atoms with van der Waals surface area (Å²) >= 11 is 0. The fraction of sp³-hybridized carbons (Fsp3) is 0.333. The van der Waals surface area contributed by atoms with Gasteiger partial charge >= 0.3 is 0 Å². The van der Waals surface area contributed by atoms with Gasteiger partial charge in [-0.05, 0) is 35.4 Å². The van der Waals surface area contributed by atoms with Crippen LogP contribution in [0.4, 0.5) is 0 Å². The average molecular weight is 454 g/mol. The van der Waals surface area contributed by atoms with Crippen molar-refractivity contribution in [1.29, 1.82) is 5.26 Å². The Labute approximate surface area is 204 Å². The number of carbonyl (C=O) groups is 1. The van der Waals surface area contributed by atoms with Crippen molar-refractivity contribution in [3.8, 4) is 6.07 Å². The van der Waals surface area contributed by atoms with Crippen molar-refractivity contribution in [2.75, 3.05) is 19.6 Å². The normalized spacial score (nSPS) is 12.8. The third kappa shape index (κ3) is 6.56. The topological polar surface area (TPSA) is 64.9 Å². The Bertz CT molecular complexity index is 1010. The second-order valence-corrected chi connectivity index (χ2v) is 9.06. The Balaban J connectivity index is 1.49. The van der Waals surface area contributed by atoms with Gasteiger partial charge < -0.3 is 10.6 Å². The highest BCUT2D eigenvalue weighted by Gasteiger charge is 2.35. The highest BCUT2D eigenvalue weighted by Crippen LogP contribution is 2.36. The Morgan fingerprint density at radius 2 is 1.41 bits per heavy atom. The second kappa shape index (κ2) is 12.7. The molecular formula is C30H35N3O. The zero-order chi connectivity index (χ0) is 24.2. The Kier molecular flexibility index (Phi) is 9.43. The number of nitrogens with one attached hydrogen (secondary N) is 2. The van der Waals surface area contributed by atoms with Crippen molar-refractivity contribution in [1.82, 2.24) is 10.6 Å². The van der Waals surface area contributed by atoms with E-state index in [1.54, 1.807) is 0 Å². The van der Waals surface area contributed by atoms with Gasteiger partial charge in [-0.1, -0.05) is 105 Å². The maximum Gasteiger partial charge on any atom is 0.233 e. The molecule has 1 unspecified atom stereocenters. The Morgan fingerprint density at radius 3 is 1.91 bits per heavy atom. The summed E-state index contributed by atoms with van der Waals surface area (Å²) in [6.07, 6.45) is 1.46. The minimum atomic E-state index is -0.539. The van der Waals surface area contributed by atoms with E-state index in [0.717, 1.165) is 12.0 Å². The molecule has 3 rings (SSSR count). The molecule has 0 radical (unpaired) electrons. The molecule has 0 aliphatic heterocycles. The van der Waals surface area contributed by atoms with Gasteiger partial charge in [0.05, 0.1) is 18.0 Å². The van der Waals surface area contributed by atoms with Crippen LogP contribution in [0, 0.1) is 17.2 Å². The molecule has 0 saturated carbocycles. The summed E-state index contributed by atoms with van der Waals surface area (Å²) in [6, 6.07) is 33.3. The predicted octanol–water partition coefficient (Wildman–Crippen LogP) is 5.42. The molecule has 0 aromatic heterocycles. The zero-order valence-corrected chi connectivity index (χ0v) is 20.2. The fourth-order valence-corrected chi connectivity index (χ4v) is 4.54. The molecule has 4 heteroatoms. The average Bonchev–Trinajstić information content (AvgIpc) is 2.88. The molecule has 176 valence electrons. The van der Waals surface area contributed by atoms with Crippen molar-refractivity contribution < 1.29 is 4.79 Å². The van der Waals surface area contributed by atoms with Crippen molar-refractivity contribution in [2.45, 2.75) is 38.0 Å². The Hall–Kier alpha value is -3.42. The lowest BCUT2D eigenvalue weighted by molar-refractivity contribution is -0.120. The van der Waals surface area contributed by atoms with E-state index in [1.165, 1.54) is 11.1 Å². The Morgan fingerprint density at radius 1 is 0.882 bits per heavy atom. The van der Waals surface area contributed by atoms with Crippen LogP contribution < -0.4 is 10.6 Å². The van der Waals surface area contributed by atoms with Crippen LogP contribution in [0.5, 0.6) is 0 Å². The lowest BCUT2D eigenvalue weighted by atomic mass is 9.70. The first-order valence-corrected chi connectivity index (χ1v) is 12.1. The van der Waals surface area contributed by atoms with E-state index in [1.807, 2.05) is 66.7 Å². The number of benzene rings is 3. The van der Waals surface area contributed by atoms with Crippen LogP contribution in [-0.4, -0.2) is 25.5 Å². The molecule has 0 aliphatic carbocycles. The molecule has 0 spiro atoms. The molecule has 0 saturated heterocycles. The van der Waals surface area contributed by atoms with E-state index >= 15 is 0 Å². The van der Waals surface area contributed by atoms with Crippen LogP contribution in [0.25, 0.3) is 0 Å². The minimum absolute atomic E-state index is 0.0216. The van der Waals surface area contributed by atoms with Gasteiger partial charge in [0.25, 0.3) is 0 Å². The fourth-order valence-electron chi connectivity index (χ4n) is 4.54. The lowest BCUT2D eigenvalue weighted by Crippen LogP contribution is -2.37. The maximum atomic E-state index is 12.5. The number of nitriles is 1. The van der Waals surface area contributed by atoms with Gasteiger partial charge in [-0.25, -0.2) is 0 Å². The smallest absolute Gasteiger partial charge is 0.233 e. The molecule has 0 aliphatic rings. The molecule has 2 N–H and O–H groups in total. The first kappa shape index (κ1) is 25.2. The maximum absolute atomic E-state index is 12.5. The summed E-state index contributed by atoms with van der Waals surface area (Å²) in [7, 11) is 0.